The van der Waals surface area contributed by atoms with Crippen LogP contribution in [-0.2, 0) is 6.42 Å². The Kier molecular flexibility index (Phi) is 3.76. The second-order valence-electron chi connectivity index (χ2n) is 4.08. The molecule has 0 unspecified atom stereocenters. The van der Waals surface area contributed by atoms with Gasteiger partial charge in [-0.2, -0.15) is 0 Å². The normalized spacial score (nSPS) is 10.4. The summed E-state index contributed by atoms with van der Waals surface area (Å²) in [6, 6.07) is 7.50. The molecule has 4 nitrogen and oxygen atoms in total. The average molecular weight is 277 g/mol. The number of benzene rings is 1. The third-order valence-corrected chi connectivity index (χ3v) is 3.93. The molecule has 0 saturated carbocycles. The molecule has 0 bridgehead atoms. The number of aryl methyl sites for hydroxylation is 1. The number of hydrogen-bond donors (Lipinski definition) is 2. The van der Waals surface area contributed by atoms with Crippen molar-refractivity contribution in [3.05, 3.63) is 35.4 Å². The van der Waals surface area contributed by atoms with Crippen LogP contribution in [0.3, 0.4) is 0 Å². The van der Waals surface area contributed by atoms with Gasteiger partial charge in [-0.15, -0.1) is 11.3 Å². The van der Waals surface area contributed by atoms with E-state index in [0.29, 0.717) is 5.00 Å². The number of ether oxygens (including phenoxy) is 1. The Labute approximate surface area is 115 Å². The van der Waals surface area contributed by atoms with Gasteiger partial charge >= 0.3 is 5.97 Å². The molecule has 5 heteroatoms. The van der Waals surface area contributed by atoms with E-state index in [1.807, 2.05) is 18.2 Å². The molecule has 0 aliphatic rings. The average Bonchev–Trinajstić information content (AvgIpc) is 2.80. The molecule has 0 spiro atoms. The van der Waals surface area contributed by atoms with Crippen molar-refractivity contribution in [1.29, 1.82) is 0 Å². The van der Waals surface area contributed by atoms with Crippen LogP contribution in [0.25, 0.3) is 10.4 Å². The van der Waals surface area contributed by atoms with Gasteiger partial charge in [-0.05, 0) is 30.2 Å². The number of carboxylic acid groups (broad SMARTS) is 1. The van der Waals surface area contributed by atoms with Crippen LogP contribution in [0.2, 0.25) is 0 Å². The fraction of sp³-hybridized carbons (Fsp3) is 0.214. The Hall–Kier alpha value is -2.01. The summed E-state index contributed by atoms with van der Waals surface area (Å²) in [6.45, 7) is 2.07. The SMILES string of the molecule is CCc1ccc(OC)c(-c2cc(C(=O)O)c(N)s2)c1. The first kappa shape index (κ1) is 13.4. The van der Waals surface area contributed by atoms with Crippen LogP contribution in [-0.4, -0.2) is 18.2 Å². The van der Waals surface area contributed by atoms with Crippen molar-refractivity contribution in [2.24, 2.45) is 0 Å². The number of methoxy groups -OCH3 is 1. The van der Waals surface area contributed by atoms with Crippen LogP contribution in [0.4, 0.5) is 5.00 Å². The maximum absolute atomic E-state index is 11.0. The summed E-state index contributed by atoms with van der Waals surface area (Å²) in [6.07, 6.45) is 0.906. The molecular formula is C14H15NO3S. The molecule has 0 aliphatic carbocycles. The minimum atomic E-state index is -1.01. The number of thiophene rings is 1. The van der Waals surface area contributed by atoms with Crippen LogP contribution in [0, 0.1) is 0 Å². The lowest BCUT2D eigenvalue weighted by Gasteiger charge is -2.08. The van der Waals surface area contributed by atoms with Crippen LogP contribution >= 0.6 is 11.3 Å². The van der Waals surface area contributed by atoms with Gasteiger partial charge in [-0.3, -0.25) is 0 Å². The number of rotatable bonds is 4. The van der Waals surface area contributed by atoms with Gasteiger partial charge in [0, 0.05) is 10.4 Å². The van der Waals surface area contributed by atoms with Crippen LogP contribution in [0.1, 0.15) is 22.8 Å². The van der Waals surface area contributed by atoms with E-state index in [2.05, 4.69) is 6.92 Å². The van der Waals surface area contributed by atoms with Crippen LogP contribution in [0.15, 0.2) is 24.3 Å². The zero-order valence-electron chi connectivity index (χ0n) is 10.8. The number of aromatic carboxylic acids is 1. The molecule has 0 saturated heterocycles. The smallest absolute Gasteiger partial charge is 0.338 e. The molecule has 1 aromatic heterocycles. The minimum absolute atomic E-state index is 0.143. The van der Waals surface area contributed by atoms with E-state index >= 15 is 0 Å². The van der Waals surface area contributed by atoms with Crippen molar-refractivity contribution in [2.75, 3.05) is 12.8 Å². The largest absolute Gasteiger partial charge is 0.496 e. The maximum atomic E-state index is 11.0. The zero-order chi connectivity index (χ0) is 14.0. The van der Waals surface area contributed by atoms with E-state index in [-0.39, 0.29) is 5.56 Å². The van der Waals surface area contributed by atoms with Gasteiger partial charge in [0.2, 0.25) is 0 Å². The van der Waals surface area contributed by atoms with E-state index in [1.54, 1.807) is 13.2 Å². The molecule has 3 N–H and O–H groups in total. The molecule has 0 atom stereocenters. The fourth-order valence-electron chi connectivity index (χ4n) is 1.87. The fourth-order valence-corrected chi connectivity index (χ4v) is 2.81. The van der Waals surface area contributed by atoms with Gasteiger partial charge < -0.3 is 15.6 Å². The van der Waals surface area contributed by atoms with Gasteiger partial charge in [0.25, 0.3) is 0 Å². The first-order chi connectivity index (χ1) is 9.06. The van der Waals surface area contributed by atoms with Crippen molar-refractivity contribution >= 4 is 22.3 Å². The monoisotopic (exact) mass is 277 g/mol. The Morgan fingerprint density at radius 2 is 2.16 bits per heavy atom. The Morgan fingerprint density at radius 1 is 1.42 bits per heavy atom. The number of nitrogen functional groups attached to an aromatic ring is 1. The molecule has 0 fully saturated rings. The van der Waals surface area contributed by atoms with E-state index < -0.39 is 5.97 Å². The number of carboxylic acids is 1. The Morgan fingerprint density at radius 3 is 2.68 bits per heavy atom. The highest BCUT2D eigenvalue weighted by Crippen LogP contribution is 2.38. The second-order valence-corrected chi connectivity index (χ2v) is 5.17. The highest BCUT2D eigenvalue weighted by atomic mass is 32.1. The number of hydrogen-bond acceptors (Lipinski definition) is 4. The molecule has 2 aromatic rings. The van der Waals surface area contributed by atoms with Crippen molar-refractivity contribution in [3.8, 4) is 16.2 Å². The molecule has 100 valence electrons. The minimum Gasteiger partial charge on any atom is -0.496 e. The van der Waals surface area contributed by atoms with Gasteiger partial charge in [0.05, 0.1) is 12.7 Å². The van der Waals surface area contributed by atoms with E-state index in [1.165, 1.54) is 16.9 Å². The van der Waals surface area contributed by atoms with Crippen LogP contribution in [0.5, 0.6) is 5.75 Å². The molecule has 2 rings (SSSR count). The van der Waals surface area contributed by atoms with E-state index in [4.69, 9.17) is 15.6 Å². The third kappa shape index (κ3) is 2.56. The summed E-state index contributed by atoms with van der Waals surface area (Å²) in [7, 11) is 1.60. The number of carbonyl (C=O) groups is 1. The second kappa shape index (κ2) is 5.32. The predicted octanol–water partition coefficient (Wildman–Crippen LogP) is 3.27. The lowest BCUT2D eigenvalue weighted by Crippen LogP contribution is -1.97. The van der Waals surface area contributed by atoms with Crippen LogP contribution < -0.4 is 10.5 Å². The van der Waals surface area contributed by atoms with Crippen molar-refractivity contribution < 1.29 is 14.6 Å². The summed E-state index contributed by atoms with van der Waals surface area (Å²) < 4.78 is 5.33. The molecule has 1 aromatic carbocycles. The zero-order valence-corrected chi connectivity index (χ0v) is 11.6. The standard InChI is InChI=1S/C14H15NO3S/c1-3-8-4-5-11(18-2)9(6-8)12-7-10(14(16)17)13(15)19-12/h4-7H,3,15H2,1-2H3,(H,16,17). The van der Waals surface area contributed by atoms with Gasteiger partial charge in [-0.1, -0.05) is 13.0 Å². The lowest BCUT2D eigenvalue weighted by atomic mass is 10.1. The third-order valence-electron chi connectivity index (χ3n) is 2.93. The summed E-state index contributed by atoms with van der Waals surface area (Å²) >= 11 is 1.26. The summed E-state index contributed by atoms with van der Waals surface area (Å²) in [5.41, 5.74) is 7.93. The molecule has 19 heavy (non-hydrogen) atoms. The first-order valence-corrected chi connectivity index (χ1v) is 6.68. The van der Waals surface area contributed by atoms with Gasteiger partial charge in [0.1, 0.15) is 10.8 Å². The molecule has 0 aliphatic heterocycles. The van der Waals surface area contributed by atoms with E-state index in [9.17, 15) is 4.79 Å². The van der Waals surface area contributed by atoms with Gasteiger partial charge in [0.15, 0.2) is 0 Å². The highest BCUT2D eigenvalue weighted by Gasteiger charge is 2.16. The summed E-state index contributed by atoms with van der Waals surface area (Å²) in [4.78, 5) is 11.8. The maximum Gasteiger partial charge on any atom is 0.338 e. The number of nitrogens with two attached hydrogens (primary N) is 1. The quantitative estimate of drug-likeness (QED) is 0.899. The Bertz CT molecular complexity index is 619. The lowest BCUT2D eigenvalue weighted by molar-refractivity contribution is 0.0698. The van der Waals surface area contributed by atoms with Gasteiger partial charge in [-0.25, -0.2) is 4.79 Å². The van der Waals surface area contributed by atoms with E-state index in [0.717, 1.165) is 22.6 Å². The van der Waals surface area contributed by atoms with Crippen molar-refractivity contribution in [3.63, 3.8) is 0 Å². The number of anilines is 1. The van der Waals surface area contributed by atoms with Crippen molar-refractivity contribution in [2.45, 2.75) is 13.3 Å². The highest BCUT2D eigenvalue weighted by molar-refractivity contribution is 7.19. The first-order valence-electron chi connectivity index (χ1n) is 5.86. The topological polar surface area (TPSA) is 72.5 Å². The van der Waals surface area contributed by atoms with Crippen molar-refractivity contribution in [1.82, 2.24) is 0 Å². The molecule has 0 amide bonds. The molecular weight excluding hydrogens is 262 g/mol. The predicted molar refractivity (Wildman–Crippen MR) is 77.1 cm³/mol. The summed E-state index contributed by atoms with van der Waals surface area (Å²) in [5, 5.41) is 9.36. The molecule has 0 radical (unpaired) electrons. The Balaban J connectivity index is 2.57. The summed E-state index contributed by atoms with van der Waals surface area (Å²) in [5.74, 6) is -0.291. The molecule has 1 heterocycles.